The summed E-state index contributed by atoms with van der Waals surface area (Å²) in [5, 5.41) is 0. The van der Waals surface area contributed by atoms with Crippen LogP contribution in [0.4, 0.5) is 9.59 Å². The molecule has 17 rings (SSSR count). The van der Waals surface area contributed by atoms with Crippen molar-refractivity contribution in [2.45, 2.75) is 159 Å². The maximum Gasteiger partial charge on any atom is 0.420 e. The fourth-order valence-electron chi connectivity index (χ4n) is 14.6. The Bertz CT molecular complexity index is 6360. The third kappa shape index (κ3) is 16.0. The van der Waals surface area contributed by atoms with E-state index < -0.39 is 75.6 Å². The molecule has 5 aliphatic carbocycles. The largest absolute Gasteiger partial charge is 0.497 e. The van der Waals surface area contributed by atoms with E-state index in [0.29, 0.717) is 114 Å². The van der Waals surface area contributed by atoms with Gasteiger partial charge in [-0.1, -0.05) is 230 Å². The summed E-state index contributed by atoms with van der Waals surface area (Å²) >= 11 is 0. The van der Waals surface area contributed by atoms with Gasteiger partial charge < -0.3 is 23.8 Å². The molecule has 6 aromatic carbocycles. The molecule has 5 aliphatic rings. The fourth-order valence-corrected chi connectivity index (χ4v) is 14.6. The van der Waals surface area contributed by atoms with Crippen LogP contribution in [0.3, 0.4) is 0 Å². The second kappa shape index (κ2) is 33.8. The minimum atomic E-state index is -0.746. The molecule has 0 atom stereocenters. The number of ketones is 10. The smallest absolute Gasteiger partial charge is 0.420 e. The first kappa shape index (κ1) is 85.5. The van der Waals surface area contributed by atoms with Crippen molar-refractivity contribution in [1.29, 1.82) is 0 Å². The topological polar surface area (TPSA) is 362 Å². The third-order valence-corrected chi connectivity index (χ3v) is 20.5. The second-order valence-electron chi connectivity index (χ2n) is 33.2. The summed E-state index contributed by atoms with van der Waals surface area (Å²) in [5.74, 6) is -3.20. The van der Waals surface area contributed by atoms with Crippen molar-refractivity contribution in [2.24, 2.45) is 5.92 Å². The third-order valence-electron chi connectivity index (χ3n) is 20.5. The van der Waals surface area contributed by atoms with E-state index >= 15 is 0 Å². The van der Waals surface area contributed by atoms with E-state index in [4.69, 9.17) is 19.2 Å². The van der Waals surface area contributed by atoms with Crippen LogP contribution in [0, 0.1) is 5.92 Å². The molecule has 0 unspecified atom stereocenters. The van der Waals surface area contributed by atoms with Gasteiger partial charge in [-0.25, -0.2) is 43.6 Å². The molecule has 0 saturated heterocycles. The highest BCUT2D eigenvalue weighted by Gasteiger charge is 2.44. The SMILES string of the molecule is CC(C)(C)c1nc2c([nH]1)C(=O)C(=O)c1cccnc1-2.CC(C)C(=O)n1c(C(C)C)nc2c1C(=O)C(=O)c1ccccc1-2.CC(C)c1nc2c(n1C(=O)OC(C)(C)C)C(=O)C(=O)c1ccccc1-2.CC(C)c1nc2c(n1C(=O)OCc1ccccc1)C(=O)C(=O)c1ccccc1-2.COc1ccc(Cn2c(C(C)C)nc3c2C(=O)C(=O)c2ccccc2-3)cc1. The van der Waals surface area contributed by atoms with Crippen LogP contribution in [-0.4, -0.2) is 142 Å². The van der Waals surface area contributed by atoms with Crippen LogP contribution in [0.25, 0.3) is 56.4 Å². The summed E-state index contributed by atoms with van der Waals surface area (Å²) < 4.78 is 21.6. The van der Waals surface area contributed by atoms with Crippen LogP contribution >= 0.6 is 0 Å². The zero-order valence-electron chi connectivity index (χ0n) is 70.5. The van der Waals surface area contributed by atoms with E-state index in [2.05, 4.69) is 29.9 Å². The Morgan fingerprint density at radius 2 is 0.738 bits per heavy atom. The van der Waals surface area contributed by atoms with Crippen molar-refractivity contribution in [1.82, 2.24) is 53.2 Å². The minimum Gasteiger partial charge on any atom is -0.497 e. The zero-order chi connectivity index (χ0) is 88.2. The number of Topliss-reactive ketones (excluding diaryl/α,β-unsaturated/α-hetero) is 10. The molecule has 0 fully saturated rings. The van der Waals surface area contributed by atoms with Gasteiger partial charge in [0.25, 0.3) is 28.9 Å². The number of imidazole rings is 5. The number of ether oxygens (including phenoxy) is 3. The molecule has 0 amide bonds. The normalized spacial score (nSPS) is 13.3. The molecule has 27 heteroatoms. The zero-order valence-corrected chi connectivity index (χ0v) is 70.5. The van der Waals surface area contributed by atoms with E-state index in [1.165, 1.54) is 4.57 Å². The van der Waals surface area contributed by atoms with E-state index in [0.717, 1.165) is 37.4 Å². The fraction of sp³-hybridized carbons (Fsp3) is 0.274. The van der Waals surface area contributed by atoms with Crippen LogP contribution in [0.1, 0.15) is 284 Å². The number of rotatable bonds is 10. The standard InChI is InChI=1S/C22H18N2O4.C22H20N2O3.C19H20N2O4.C18H18N2O3.C14H13N3O2/c1-13(2)21-23-17-15-10-6-7-11-16(15)19(25)20(26)18(17)24(21)22(27)28-12-14-8-4-3-5-9-14;1-13(2)22-23-18-16-6-4-5-7-17(16)20(25)21(26)19(18)24(22)12-14-8-10-15(27-3)11-9-14;1-10(2)17-20-13-11-8-6-7-9-12(11)15(22)16(23)14(13)21(17)18(24)25-19(3,4)5;1-9(2)17-19-13-11-7-5-6-8-12(11)15(21)16(22)14(13)20(17)18(23)10(3)4;1-14(2,3)13-16-9-8-7(5-4-6-15-8)11(18)12(19)10(9)17-13/h3-11,13H,12H2,1-2H3;4-11,13H,12H2,1-3H3;6-10H,1-5H3;5-10H,1-4H3;4-6H,1-3H3,(H,16,17). The minimum absolute atomic E-state index is 0.0124. The number of hydrogen-bond donors (Lipinski definition) is 1. The van der Waals surface area contributed by atoms with Gasteiger partial charge in [0.15, 0.2) is 0 Å². The number of benzene rings is 6. The lowest BCUT2D eigenvalue weighted by molar-refractivity contribution is 0.0520. The van der Waals surface area contributed by atoms with Gasteiger partial charge in [0.1, 0.15) is 110 Å². The molecule has 0 radical (unpaired) electrons. The summed E-state index contributed by atoms with van der Waals surface area (Å²) in [7, 11) is 1.62. The van der Waals surface area contributed by atoms with Gasteiger partial charge in [-0.05, 0) is 56.2 Å². The Morgan fingerprint density at radius 1 is 0.369 bits per heavy atom. The monoisotopic (exact) mass is 1640 g/mol. The molecular weight excluding hydrogens is 1550 g/mol. The number of carbonyl (C=O) groups is 13. The quantitative estimate of drug-likeness (QED) is 0.124. The molecule has 0 saturated carbocycles. The number of pyridine rings is 1. The summed E-state index contributed by atoms with van der Waals surface area (Å²) in [5.41, 5.74) is 8.46. The summed E-state index contributed by atoms with van der Waals surface area (Å²) in [6.45, 7) is 30.6. The summed E-state index contributed by atoms with van der Waals surface area (Å²) in [6.07, 6.45) is 0.171. The van der Waals surface area contributed by atoms with Gasteiger partial charge in [-0.15, -0.1) is 0 Å². The predicted octanol–water partition coefficient (Wildman–Crippen LogP) is 17.7. The van der Waals surface area contributed by atoms with E-state index in [-0.39, 0.29) is 70.3 Å². The molecule has 1 N–H and O–H groups in total. The second-order valence-corrected chi connectivity index (χ2v) is 33.2. The lowest BCUT2D eigenvalue weighted by Gasteiger charge is -2.22. The molecule has 0 bridgehead atoms. The number of nitrogens with one attached hydrogen (secondary N) is 1. The van der Waals surface area contributed by atoms with E-state index in [1.54, 1.807) is 145 Å². The van der Waals surface area contributed by atoms with Crippen LogP contribution in [0.2, 0.25) is 0 Å². The van der Waals surface area contributed by atoms with Crippen molar-refractivity contribution in [3.8, 4) is 62.2 Å². The number of fused-ring (bicyclic) bond motifs is 15. The molecule has 0 aliphatic heterocycles. The van der Waals surface area contributed by atoms with Crippen LogP contribution in [0.5, 0.6) is 5.75 Å². The highest BCUT2D eigenvalue weighted by molar-refractivity contribution is 6.55. The average Bonchev–Trinajstić information content (AvgIpc) is 1.60. The molecule has 620 valence electrons. The van der Waals surface area contributed by atoms with Crippen LogP contribution in [0.15, 0.2) is 170 Å². The highest BCUT2D eigenvalue weighted by atomic mass is 16.6. The Balaban J connectivity index is 0.000000132. The first-order valence-corrected chi connectivity index (χ1v) is 39.8. The number of hydrogen-bond acceptors (Lipinski definition) is 22. The van der Waals surface area contributed by atoms with E-state index in [1.807, 2.05) is 147 Å². The van der Waals surface area contributed by atoms with Crippen LogP contribution < -0.4 is 4.74 Å². The molecule has 122 heavy (non-hydrogen) atoms. The molecule has 12 aromatic rings. The first-order valence-electron chi connectivity index (χ1n) is 39.8. The molecule has 6 aromatic heterocycles. The maximum atomic E-state index is 12.9. The first-order chi connectivity index (χ1) is 57.8. The van der Waals surface area contributed by atoms with Gasteiger partial charge >= 0.3 is 12.2 Å². The van der Waals surface area contributed by atoms with Crippen molar-refractivity contribution in [3.05, 3.63) is 267 Å². The predicted molar refractivity (Wildman–Crippen MR) is 452 cm³/mol. The highest BCUT2D eigenvalue weighted by Crippen LogP contribution is 2.42. The lowest BCUT2D eigenvalue weighted by Crippen LogP contribution is -2.32. The number of aromatic amines is 1. The van der Waals surface area contributed by atoms with Gasteiger partial charge in [-0.3, -0.25) is 62.3 Å². The average molecular weight is 1640 g/mol. The summed E-state index contributed by atoms with van der Waals surface area (Å²) in [6, 6.07) is 47.9. The Morgan fingerprint density at radius 3 is 1.15 bits per heavy atom. The van der Waals surface area contributed by atoms with Crippen LogP contribution in [-0.2, 0) is 28.0 Å². The maximum absolute atomic E-state index is 12.9. The lowest BCUT2D eigenvalue weighted by atomic mass is 9.90. The number of carbonyl (C=O) groups excluding carboxylic acids is 13. The van der Waals surface area contributed by atoms with Crippen molar-refractivity contribution in [2.75, 3.05) is 7.11 Å². The number of aromatic nitrogens is 11. The molecule has 6 heterocycles. The van der Waals surface area contributed by atoms with Crippen molar-refractivity contribution < 1.29 is 76.5 Å². The van der Waals surface area contributed by atoms with Crippen molar-refractivity contribution >= 4 is 75.9 Å². The Hall–Kier alpha value is -14.4. The number of H-pyrrole nitrogens is 1. The molecular formula is C95H89N11O16. The summed E-state index contributed by atoms with van der Waals surface area (Å²) in [4.78, 5) is 193. The molecule has 0 spiro atoms. The van der Waals surface area contributed by atoms with Crippen molar-refractivity contribution in [3.63, 3.8) is 0 Å². The Labute approximate surface area is 702 Å². The van der Waals surface area contributed by atoms with E-state index in [9.17, 15) is 62.3 Å². The van der Waals surface area contributed by atoms with Gasteiger partial charge in [0.2, 0.25) is 34.8 Å². The Kier molecular flexibility index (Phi) is 23.7. The molecule has 27 nitrogen and oxygen atoms in total. The van der Waals surface area contributed by atoms with Gasteiger partial charge in [0.05, 0.1) is 12.7 Å². The number of nitrogens with zero attached hydrogens (tertiary/aromatic N) is 10. The van der Waals surface area contributed by atoms with Gasteiger partial charge in [0, 0.05) is 92.3 Å². The van der Waals surface area contributed by atoms with Gasteiger partial charge in [-0.2, -0.15) is 0 Å². The number of methoxy groups -OCH3 is 1.